The van der Waals surface area contributed by atoms with Gasteiger partial charge in [0.15, 0.2) is 0 Å². The molecule has 0 aliphatic heterocycles. The molecular weight excluding hydrogens is 536 g/mol. The summed E-state index contributed by atoms with van der Waals surface area (Å²) < 4.78 is 0. The molecule has 0 amide bonds. The van der Waals surface area contributed by atoms with Crippen molar-refractivity contribution in [3.05, 3.63) is 157 Å². The Morgan fingerprint density at radius 1 is 0.455 bits per heavy atom. The van der Waals surface area contributed by atoms with Crippen LogP contribution in [0, 0.1) is 0 Å². The van der Waals surface area contributed by atoms with E-state index < -0.39 is 0 Å². The Morgan fingerprint density at radius 2 is 0.909 bits per heavy atom. The van der Waals surface area contributed by atoms with Crippen LogP contribution in [-0.4, -0.2) is 15.0 Å². The van der Waals surface area contributed by atoms with Crippen molar-refractivity contribution in [2.75, 3.05) is 4.90 Å². The molecule has 7 rings (SSSR count). The zero-order valence-corrected chi connectivity index (χ0v) is 25.2. The molecule has 0 bridgehead atoms. The molecule has 0 atom stereocenters. The Kier molecular flexibility index (Phi) is 7.03. The first-order chi connectivity index (χ1) is 21.4. The zero-order chi connectivity index (χ0) is 30.1. The van der Waals surface area contributed by atoms with Crippen LogP contribution in [0.2, 0.25) is 0 Å². The van der Waals surface area contributed by atoms with Crippen molar-refractivity contribution in [2.45, 2.75) is 26.2 Å². The molecule has 0 fully saturated rings. The van der Waals surface area contributed by atoms with Crippen LogP contribution in [0.5, 0.6) is 0 Å². The number of para-hydroxylation sites is 2. The van der Waals surface area contributed by atoms with E-state index in [0.717, 1.165) is 39.3 Å². The number of nitrogens with zero attached hydrogens (tertiary/aromatic N) is 4. The predicted molar refractivity (Wildman–Crippen MR) is 183 cm³/mol. The van der Waals surface area contributed by atoms with Gasteiger partial charge in [-0.2, -0.15) is 4.80 Å². The van der Waals surface area contributed by atoms with E-state index in [0.29, 0.717) is 0 Å². The van der Waals surface area contributed by atoms with Crippen LogP contribution in [-0.2, 0) is 5.41 Å². The van der Waals surface area contributed by atoms with E-state index in [1.165, 1.54) is 22.3 Å². The fraction of sp³-hybridized carbons (Fsp3) is 0.100. The third-order valence-electron chi connectivity index (χ3n) is 8.05. The van der Waals surface area contributed by atoms with Crippen molar-refractivity contribution in [2.24, 2.45) is 0 Å². The molecule has 1 aromatic heterocycles. The fourth-order valence-corrected chi connectivity index (χ4v) is 5.56. The van der Waals surface area contributed by atoms with Crippen LogP contribution < -0.4 is 4.90 Å². The molecule has 0 spiro atoms. The summed E-state index contributed by atoms with van der Waals surface area (Å²) in [6, 6.07) is 53.1. The molecule has 214 valence electrons. The highest BCUT2D eigenvalue weighted by Crippen LogP contribution is 2.35. The third-order valence-corrected chi connectivity index (χ3v) is 8.05. The molecule has 44 heavy (non-hydrogen) atoms. The first-order valence-electron chi connectivity index (χ1n) is 15.0. The zero-order valence-electron chi connectivity index (χ0n) is 25.2. The van der Waals surface area contributed by atoms with Crippen LogP contribution in [0.1, 0.15) is 26.3 Å². The second-order valence-corrected chi connectivity index (χ2v) is 12.1. The second-order valence-electron chi connectivity index (χ2n) is 12.1. The Bertz CT molecular complexity index is 1960. The van der Waals surface area contributed by atoms with Gasteiger partial charge in [-0.1, -0.05) is 118 Å². The van der Waals surface area contributed by atoms with E-state index in [4.69, 9.17) is 10.2 Å². The van der Waals surface area contributed by atoms with Crippen LogP contribution in [0.15, 0.2) is 152 Å². The highest BCUT2D eigenvalue weighted by atomic mass is 15.5. The number of hydrogen-bond acceptors (Lipinski definition) is 3. The van der Waals surface area contributed by atoms with Crippen LogP contribution in [0.3, 0.4) is 0 Å². The summed E-state index contributed by atoms with van der Waals surface area (Å²) in [5.41, 5.74) is 12.1. The lowest BCUT2D eigenvalue weighted by atomic mass is 9.86. The van der Waals surface area contributed by atoms with E-state index in [-0.39, 0.29) is 5.41 Å². The highest BCUT2D eigenvalue weighted by molar-refractivity contribution is 5.84. The monoisotopic (exact) mass is 570 g/mol. The number of hydrogen-bond donors (Lipinski definition) is 0. The molecule has 0 saturated heterocycles. The van der Waals surface area contributed by atoms with Gasteiger partial charge in [0.2, 0.25) is 0 Å². The Morgan fingerprint density at radius 3 is 1.41 bits per heavy atom. The average molecular weight is 571 g/mol. The van der Waals surface area contributed by atoms with Crippen molar-refractivity contribution in [1.82, 2.24) is 15.0 Å². The summed E-state index contributed by atoms with van der Waals surface area (Å²) >= 11 is 0. The largest absolute Gasteiger partial charge is 0.310 e. The molecule has 0 unspecified atom stereocenters. The van der Waals surface area contributed by atoms with E-state index in [1.54, 1.807) is 4.80 Å². The minimum absolute atomic E-state index is 0.155. The lowest BCUT2D eigenvalue weighted by molar-refractivity contribution is 0.590. The molecule has 6 aromatic carbocycles. The Hall–Kier alpha value is -5.48. The van der Waals surface area contributed by atoms with Crippen molar-refractivity contribution < 1.29 is 0 Å². The summed E-state index contributed by atoms with van der Waals surface area (Å²) in [7, 11) is 0. The highest BCUT2D eigenvalue weighted by Gasteiger charge is 2.15. The maximum atomic E-state index is 4.86. The van der Waals surface area contributed by atoms with Gasteiger partial charge in [-0.15, -0.1) is 10.2 Å². The number of fused-ring (bicyclic) bond motifs is 1. The van der Waals surface area contributed by atoms with Crippen LogP contribution in [0.4, 0.5) is 17.1 Å². The summed E-state index contributed by atoms with van der Waals surface area (Å²) in [6.07, 6.45) is 0. The molecular formula is C40H34N4. The van der Waals surface area contributed by atoms with Crippen LogP contribution >= 0.6 is 0 Å². The first-order valence-corrected chi connectivity index (χ1v) is 15.0. The normalized spacial score (nSPS) is 11.5. The molecule has 4 nitrogen and oxygen atoms in total. The van der Waals surface area contributed by atoms with Crippen molar-refractivity contribution in [3.63, 3.8) is 0 Å². The van der Waals surface area contributed by atoms with E-state index >= 15 is 0 Å². The Balaban J connectivity index is 1.13. The van der Waals surface area contributed by atoms with Gasteiger partial charge >= 0.3 is 0 Å². The van der Waals surface area contributed by atoms with Gasteiger partial charge in [0, 0.05) is 17.1 Å². The van der Waals surface area contributed by atoms with E-state index in [1.807, 2.05) is 18.2 Å². The van der Waals surface area contributed by atoms with Gasteiger partial charge in [-0.25, -0.2) is 0 Å². The second kappa shape index (κ2) is 11.3. The molecule has 0 aliphatic rings. The van der Waals surface area contributed by atoms with Gasteiger partial charge in [0.25, 0.3) is 0 Å². The number of anilines is 3. The number of aromatic nitrogens is 3. The van der Waals surface area contributed by atoms with E-state index in [9.17, 15) is 0 Å². The number of benzene rings is 6. The smallest absolute Gasteiger partial charge is 0.115 e. The number of rotatable bonds is 6. The van der Waals surface area contributed by atoms with Gasteiger partial charge in [0.1, 0.15) is 11.0 Å². The third kappa shape index (κ3) is 5.50. The molecule has 0 aliphatic carbocycles. The van der Waals surface area contributed by atoms with Gasteiger partial charge < -0.3 is 4.90 Å². The van der Waals surface area contributed by atoms with Gasteiger partial charge in [-0.3, -0.25) is 0 Å². The average Bonchev–Trinajstić information content (AvgIpc) is 3.50. The fourth-order valence-electron chi connectivity index (χ4n) is 5.56. The molecule has 0 saturated carbocycles. The van der Waals surface area contributed by atoms with Crippen molar-refractivity contribution in [3.8, 4) is 27.9 Å². The Labute approximate surface area is 258 Å². The van der Waals surface area contributed by atoms with Crippen LogP contribution in [0.25, 0.3) is 39.0 Å². The van der Waals surface area contributed by atoms with E-state index in [2.05, 4.69) is 159 Å². The topological polar surface area (TPSA) is 34.0 Å². The molecule has 0 radical (unpaired) electrons. The minimum Gasteiger partial charge on any atom is -0.310 e. The molecule has 1 heterocycles. The predicted octanol–water partition coefficient (Wildman–Crippen LogP) is 10.5. The first kappa shape index (κ1) is 27.4. The molecule has 7 aromatic rings. The summed E-state index contributed by atoms with van der Waals surface area (Å²) in [5.74, 6) is 0. The summed E-state index contributed by atoms with van der Waals surface area (Å²) in [5, 5.41) is 9.65. The quantitative estimate of drug-likeness (QED) is 0.199. The summed E-state index contributed by atoms with van der Waals surface area (Å²) in [4.78, 5) is 3.96. The lowest BCUT2D eigenvalue weighted by Crippen LogP contribution is -2.10. The minimum atomic E-state index is 0.155. The van der Waals surface area contributed by atoms with Gasteiger partial charge in [0.05, 0.1) is 5.69 Å². The molecule has 0 N–H and O–H groups in total. The molecule has 4 heteroatoms. The SMILES string of the molecule is CC(C)(C)c1ccc(-c2ccc(-c3ccc(-n4nc5ccc(N(c6ccccc6)c6ccccc6)cc5n4)cc3)cc2)cc1. The standard InChI is InChI=1S/C40H34N4/c1-40(2,3)33-22-18-31(19-23-33)29-14-16-30(17-15-29)32-20-24-36(25-21-32)44-41-38-27-26-37(28-39(38)42-44)43(34-10-6-4-7-11-34)35-12-8-5-9-13-35/h4-28H,1-3H3. The summed E-state index contributed by atoms with van der Waals surface area (Å²) in [6.45, 7) is 6.74. The maximum Gasteiger partial charge on any atom is 0.115 e. The van der Waals surface area contributed by atoms with Crippen molar-refractivity contribution in [1.29, 1.82) is 0 Å². The van der Waals surface area contributed by atoms with Crippen molar-refractivity contribution >= 4 is 28.1 Å². The maximum absolute atomic E-state index is 4.86. The lowest BCUT2D eigenvalue weighted by Gasteiger charge is -2.25. The van der Waals surface area contributed by atoms with Gasteiger partial charge in [-0.05, 0) is 87.8 Å².